The van der Waals surface area contributed by atoms with Gasteiger partial charge in [0.1, 0.15) is 0 Å². The molecule has 37 heavy (non-hydrogen) atoms. The second-order valence-corrected chi connectivity index (χ2v) is 12.3. The molecule has 0 radical (unpaired) electrons. The van der Waals surface area contributed by atoms with Crippen LogP contribution in [0.5, 0.6) is 0 Å². The highest BCUT2D eigenvalue weighted by Gasteiger charge is 2.27. The molecule has 202 valence electrons. The number of anilines is 1. The van der Waals surface area contributed by atoms with Crippen LogP contribution in [0.25, 0.3) is 10.2 Å². The first kappa shape index (κ1) is 29.5. The van der Waals surface area contributed by atoms with E-state index in [0.29, 0.717) is 30.3 Å². The Morgan fingerprint density at radius 3 is 2.27 bits per heavy atom. The second kappa shape index (κ2) is 12.7. The maximum absolute atomic E-state index is 13.7. The summed E-state index contributed by atoms with van der Waals surface area (Å²) in [5.41, 5.74) is 3.64. The number of sulfonamides is 1. The number of halogens is 1. The number of hydrogen-bond donors (Lipinski definition) is 0. The van der Waals surface area contributed by atoms with Crippen molar-refractivity contribution in [1.82, 2.24) is 14.2 Å². The van der Waals surface area contributed by atoms with Gasteiger partial charge in [0.15, 0.2) is 5.13 Å². The van der Waals surface area contributed by atoms with Gasteiger partial charge in [-0.15, -0.1) is 12.4 Å². The van der Waals surface area contributed by atoms with Gasteiger partial charge in [-0.05, 0) is 81.2 Å². The molecule has 0 bridgehead atoms. The number of hydrogen-bond acceptors (Lipinski definition) is 6. The molecule has 0 spiro atoms. The van der Waals surface area contributed by atoms with E-state index in [-0.39, 0.29) is 23.2 Å². The van der Waals surface area contributed by atoms with Crippen LogP contribution in [0, 0.1) is 13.8 Å². The Kier molecular flexibility index (Phi) is 10.1. The molecule has 0 atom stereocenters. The highest BCUT2D eigenvalue weighted by Crippen LogP contribution is 2.32. The van der Waals surface area contributed by atoms with Crippen LogP contribution in [0.4, 0.5) is 5.13 Å². The van der Waals surface area contributed by atoms with Gasteiger partial charge in [0.05, 0.1) is 15.1 Å². The van der Waals surface area contributed by atoms with Crippen LogP contribution in [0.15, 0.2) is 41.3 Å². The molecule has 2 aromatic carbocycles. The number of thiazole rings is 1. The summed E-state index contributed by atoms with van der Waals surface area (Å²) < 4.78 is 28.7. The molecule has 1 aliphatic rings. The van der Waals surface area contributed by atoms with Crippen LogP contribution >= 0.6 is 23.7 Å². The van der Waals surface area contributed by atoms with E-state index in [4.69, 9.17) is 4.98 Å². The smallest absolute Gasteiger partial charge is 0.260 e. The van der Waals surface area contributed by atoms with Gasteiger partial charge in [0.2, 0.25) is 10.0 Å². The maximum Gasteiger partial charge on any atom is 0.260 e. The lowest BCUT2D eigenvalue weighted by Gasteiger charge is -2.26. The Labute approximate surface area is 230 Å². The molecule has 1 amide bonds. The Bertz CT molecular complexity index is 1320. The third kappa shape index (κ3) is 6.52. The van der Waals surface area contributed by atoms with Gasteiger partial charge in [-0.25, -0.2) is 13.4 Å². The minimum atomic E-state index is -3.54. The summed E-state index contributed by atoms with van der Waals surface area (Å²) in [5.74, 6) is -0.169. The fourth-order valence-corrected chi connectivity index (χ4v) is 7.40. The van der Waals surface area contributed by atoms with Crippen molar-refractivity contribution in [2.45, 2.75) is 51.9 Å². The number of nitrogens with zero attached hydrogens (tertiary/aromatic N) is 4. The lowest BCUT2D eigenvalue weighted by Crippen LogP contribution is -2.39. The zero-order chi connectivity index (χ0) is 25.9. The van der Waals surface area contributed by atoms with Gasteiger partial charge in [0, 0.05) is 31.7 Å². The van der Waals surface area contributed by atoms with Crippen LogP contribution in [0.1, 0.15) is 54.6 Å². The number of fused-ring (bicyclic) bond motifs is 1. The number of aryl methyl sites for hydroxylation is 2. The molecule has 0 aliphatic carbocycles. The molecule has 1 aromatic heterocycles. The minimum absolute atomic E-state index is 0. The van der Waals surface area contributed by atoms with E-state index in [1.165, 1.54) is 16.9 Å². The Morgan fingerprint density at radius 1 is 1.00 bits per heavy atom. The standard InChI is InChI=1S/C27H36N4O3S2.ClH/c1-5-29(6-2)16-17-31(27-28-25-21(4)18-20(3)19-24(25)35-27)26(32)22-10-12-23(13-11-22)36(33,34)30-14-8-7-9-15-30;/h10-13,18-19H,5-9,14-17H2,1-4H3;1H. The van der Waals surface area contributed by atoms with E-state index < -0.39 is 10.0 Å². The molecule has 0 unspecified atom stereocenters. The van der Waals surface area contributed by atoms with Crippen molar-refractivity contribution in [3.63, 3.8) is 0 Å². The Balaban J connectivity index is 0.00000380. The quantitative estimate of drug-likeness (QED) is 0.343. The van der Waals surface area contributed by atoms with Gasteiger partial charge < -0.3 is 4.90 Å². The third-order valence-corrected chi connectivity index (χ3v) is 9.82. The first-order valence-corrected chi connectivity index (χ1v) is 15.0. The van der Waals surface area contributed by atoms with Crippen molar-refractivity contribution in [2.75, 3.05) is 44.2 Å². The molecular formula is C27H37ClN4O3S2. The van der Waals surface area contributed by atoms with E-state index in [0.717, 1.165) is 54.7 Å². The van der Waals surface area contributed by atoms with Gasteiger partial charge in [-0.1, -0.05) is 37.7 Å². The summed E-state index contributed by atoms with van der Waals surface area (Å²) in [6.45, 7) is 12.5. The average molecular weight is 565 g/mol. The Morgan fingerprint density at radius 2 is 1.65 bits per heavy atom. The number of likely N-dealkylation sites (N-methyl/N-ethyl adjacent to an activating group) is 1. The number of amides is 1. The molecular weight excluding hydrogens is 528 g/mol. The SMILES string of the molecule is CCN(CC)CCN(C(=O)c1ccc(S(=O)(=O)N2CCCCC2)cc1)c1nc2c(C)cc(C)cc2s1.Cl. The van der Waals surface area contributed by atoms with E-state index in [9.17, 15) is 13.2 Å². The summed E-state index contributed by atoms with van der Waals surface area (Å²) >= 11 is 1.52. The molecule has 7 nitrogen and oxygen atoms in total. The molecule has 1 aliphatic heterocycles. The molecule has 4 rings (SSSR count). The third-order valence-electron chi connectivity index (χ3n) is 6.88. The Hall–Kier alpha value is -2.04. The second-order valence-electron chi connectivity index (χ2n) is 9.40. The maximum atomic E-state index is 13.7. The van der Waals surface area contributed by atoms with Crippen LogP contribution < -0.4 is 4.90 Å². The van der Waals surface area contributed by atoms with Crippen molar-refractivity contribution in [3.8, 4) is 0 Å². The number of piperidine rings is 1. The van der Waals surface area contributed by atoms with E-state index in [1.54, 1.807) is 33.5 Å². The lowest BCUT2D eigenvalue weighted by molar-refractivity contribution is 0.0983. The largest absolute Gasteiger partial charge is 0.302 e. The van der Waals surface area contributed by atoms with Gasteiger partial charge in [0.25, 0.3) is 5.91 Å². The summed E-state index contributed by atoms with van der Waals surface area (Å²) in [6, 6.07) is 10.6. The first-order chi connectivity index (χ1) is 17.2. The van der Waals surface area contributed by atoms with Crippen molar-refractivity contribution in [2.24, 2.45) is 0 Å². The number of carbonyl (C=O) groups is 1. The number of benzene rings is 2. The monoisotopic (exact) mass is 564 g/mol. The topological polar surface area (TPSA) is 73.8 Å². The summed E-state index contributed by atoms with van der Waals surface area (Å²) in [7, 11) is -3.54. The molecule has 0 saturated carbocycles. The minimum Gasteiger partial charge on any atom is -0.302 e. The first-order valence-electron chi connectivity index (χ1n) is 12.8. The van der Waals surface area contributed by atoms with Gasteiger partial charge in [-0.2, -0.15) is 4.31 Å². The van der Waals surface area contributed by atoms with Crippen LogP contribution in [0.2, 0.25) is 0 Å². The summed E-state index contributed by atoms with van der Waals surface area (Å²) in [4.78, 5) is 22.8. The van der Waals surface area contributed by atoms with E-state index >= 15 is 0 Å². The van der Waals surface area contributed by atoms with E-state index in [2.05, 4.69) is 37.8 Å². The zero-order valence-corrected chi connectivity index (χ0v) is 24.5. The predicted molar refractivity (Wildman–Crippen MR) is 155 cm³/mol. The van der Waals surface area contributed by atoms with Crippen molar-refractivity contribution in [3.05, 3.63) is 53.1 Å². The molecule has 1 fully saturated rings. The number of aromatic nitrogens is 1. The average Bonchev–Trinajstić information content (AvgIpc) is 3.31. The predicted octanol–water partition coefficient (Wildman–Crippen LogP) is 5.50. The summed E-state index contributed by atoms with van der Waals surface area (Å²) in [5, 5.41) is 0.667. The van der Waals surface area contributed by atoms with Crippen molar-refractivity contribution in [1.29, 1.82) is 0 Å². The fourth-order valence-electron chi connectivity index (χ4n) is 4.72. The van der Waals surface area contributed by atoms with Crippen LogP contribution in [-0.4, -0.2) is 67.8 Å². The highest BCUT2D eigenvalue weighted by atomic mass is 35.5. The normalized spacial score (nSPS) is 14.6. The molecule has 1 saturated heterocycles. The van der Waals surface area contributed by atoms with Crippen molar-refractivity contribution < 1.29 is 13.2 Å². The van der Waals surface area contributed by atoms with Crippen LogP contribution in [0.3, 0.4) is 0 Å². The fraction of sp³-hybridized carbons (Fsp3) is 0.481. The van der Waals surface area contributed by atoms with Gasteiger partial charge in [-0.3, -0.25) is 9.69 Å². The zero-order valence-electron chi connectivity index (χ0n) is 22.1. The van der Waals surface area contributed by atoms with Crippen LogP contribution in [-0.2, 0) is 10.0 Å². The lowest BCUT2D eigenvalue weighted by atomic mass is 10.1. The molecule has 3 aromatic rings. The number of rotatable bonds is 9. The highest BCUT2D eigenvalue weighted by molar-refractivity contribution is 7.89. The number of carbonyl (C=O) groups excluding carboxylic acids is 1. The molecule has 10 heteroatoms. The van der Waals surface area contributed by atoms with Crippen molar-refractivity contribution >= 4 is 55.0 Å². The summed E-state index contributed by atoms with van der Waals surface area (Å²) in [6.07, 6.45) is 2.84. The molecule has 0 N–H and O–H groups in total. The molecule has 2 heterocycles. The van der Waals surface area contributed by atoms with Gasteiger partial charge >= 0.3 is 0 Å². The van der Waals surface area contributed by atoms with E-state index in [1.807, 2.05) is 6.92 Å².